The van der Waals surface area contributed by atoms with E-state index in [9.17, 15) is 14.4 Å². The Bertz CT molecular complexity index is 837. The highest BCUT2D eigenvalue weighted by Gasteiger charge is 2.17. The summed E-state index contributed by atoms with van der Waals surface area (Å²) in [5.41, 5.74) is 6.51. The molecule has 1 aromatic heterocycles. The number of ether oxygens (including phenoxy) is 1. The first-order chi connectivity index (χ1) is 13.6. The van der Waals surface area contributed by atoms with Crippen LogP contribution in [0, 0.1) is 0 Å². The van der Waals surface area contributed by atoms with Crippen molar-refractivity contribution in [3.63, 3.8) is 0 Å². The molecule has 1 heterocycles. The Hall–Kier alpha value is -2.87. The number of carbonyl (C=O) groups is 3. The highest BCUT2D eigenvalue weighted by Crippen LogP contribution is 2.29. The third-order valence-corrected chi connectivity index (χ3v) is 5.61. The van der Waals surface area contributed by atoms with Gasteiger partial charge in [-0.25, -0.2) is 0 Å². The van der Waals surface area contributed by atoms with Crippen molar-refractivity contribution in [1.82, 2.24) is 16.2 Å². The summed E-state index contributed by atoms with van der Waals surface area (Å²) in [6.45, 7) is 2.29. The molecule has 1 aliphatic carbocycles. The maximum absolute atomic E-state index is 12.3. The standard InChI is InChI=1S/C20H23N3O4S/c1-2-21-18(24)12-27-15-9-7-13(8-10-15)19(25)22-23-20(26)17-11-14-5-3-4-6-16(14)28-17/h7-11H,2-6,12H2,1H3,(H,21,24)(H,22,25)(H,23,26). The number of benzene rings is 1. The number of hydrogen-bond acceptors (Lipinski definition) is 5. The lowest BCUT2D eigenvalue weighted by atomic mass is 9.99. The van der Waals surface area contributed by atoms with Gasteiger partial charge in [0.15, 0.2) is 6.61 Å². The third kappa shape index (κ3) is 5.10. The minimum Gasteiger partial charge on any atom is -0.484 e. The molecule has 3 N–H and O–H groups in total. The fraction of sp³-hybridized carbons (Fsp3) is 0.350. The molecule has 0 unspecified atom stereocenters. The summed E-state index contributed by atoms with van der Waals surface area (Å²) in [4.78, 5) is 37.8. The SMILES string of the molecule is CCNC(=O)COc1ccc(C(=O)NNC(=O)c2cc3c(s2)CCCC3)cc1. The van der Waals surface area contributed by atoms with E-state index in [-0.39, 0.29) is 18.4 Å². The average molecular weight is 401 g/mol. The Morgan fingerprint density at radius 3 is 2.46 bits per heavy atom. The second kappa shape index (κ2) is 9.36. The van der Waals surface area contributed by atoms with Crippen molar-refractivity contribution in [1.29, 1.82) is 0 Å². The zero-order valence-corrected chi connectivity index (χ0v) is 16.5. The smallest absolute Gasteiger partial charge is 0.279 e. The second-order valence-corrected chi connectivity index (χ2v) is 7.58. The molecule has 148 valence electrons. The molecule has 3 amide bonds. The Kier molecular flexibility index (Phi) is 6.65. The molecule has 0 saturated heterocycles. The lowest BCUT2D eigenvalue weighted by Crippen LogP contribution is -2.41. The van der Waals surface area contributed by atoms with Crippen LogP contribution in [0.25, 0.3) is 0 Å². The van der Waals surface area contributed by atoms with Gasteiger partial charge in [-0.3, -0.25) is 25.2 Å². The molecule has 7 nitrogen and oxygen atoms in total. The molecule has 0 radical (unpaired) electrons. The fourth-order valence-electron chi connectivity index (χ4n) is 2.95. The van der Waals surface area contributed by atoms with Crippen molar-refractivity contribution in [2.75, 3.05) is 13.2 Å². The largest absolute Gasteiger partial charge is 0.484 e. The van der Waals surface area contributed by atoms with Crippen LogP contribution in [-0.4, -0.2) is 30.9 Å². The summed E-state index contributed by atoms with van der Waals surface area (Å²) >= 11 is 1.49. The number of carbonyl (C=O) groups excluding carboxylic acids is 3. The molecular weight excluding hydrogens is 378 g/mol. The van der Waals surface area contributed by atoms with Gasteiger partial charge in [0, 0.05) is 17.0 Å². The van der Waals surface area contributed by atoms with Crippen LogP contribution in [0.15, 0.2) is 30.3 Å². The van der Waals surface area contributed by atoms with Crippen molar-refractivity contribution in [2.24, 2.45) is 0 Å². The highest BCUT2D eigenvalue weighted by atomic mass is 32.1. The summed E-state index contributed by atoms with van der Waals surface area (Å²) in [7, 11) is 0. The lowest BCUT2D eigenvalue weighted by molar-refractivity contribution is -0.122. The number of nitrogens with one attached hydrogen (secondary N) is 3. The first-order valence-electron chi connectivity index (χ1n) is 9.28. The van der Waals surface area contributed by atoms with E-state index >= 15 is 0 Å². The van der Waals surface area contributed by atoms with E-state index < -0.39 is 5.91 Å². The van der Waals surface area contributed by atoms with E-state index in [1.54, 1.807) is 24.3 Å². The lowest BCUT2D eigenvalue weighted by Gasteiger charge is -2.08. The van der Waals surface area contributed by atoms with E-state index in [1.807, 2.05) is 13.0 Å². The third-order valence-electron chi connectivity index (χ3n) is 4.37. The molecular formula is C20H23N3O4S. The van der Waals surface area contributed by atoms with Gasteiger partial charge < -0.3 is 10.1 Å². The van der Waals surface area contributed by atoms with Crippen LogP contribution in [-0.2, 0) is 17.6 Å². The number of hydrazine groups is 1. The Morgan fingerprint density at radius 1 is 1.04 bits per heavy atom. The molecule has 8 heteroatoms. The Labute approximate surface area is 167 Å². The van der Waals surface area contributed by atoms with Crippen molar-refractivity contribution < 1.29 is 19.1 Å². The predicted molar refractivity (Wildman–Crippen MR) is 107 cm³/mol. The van der Waals surface area contributed by atoms with E-state index in [0.29, 0.717) is 22.7 Å². The Morgan fingerprint density at radius 2 is 1.75 bits per heavy atom. The van der Waals surface area contributed by atoms with Crippen LogP contribution in [0.1, 0.15) is 50.2 Å². The molecule has 3 rings (SSSR count). The van der Waals surface area contributed by atoms with E-state index in [4.69, 9.17) is 4.74 Å². The topological polar surface area (TPSA) is 96.5 Å². The number of aryl methyl sites for hydroxylation is 2. The van der Waals surface area contributed by atoms with Crippen molar-refractivity contribution in [3.8, 4) is 5.75 Å². The number of likely N-dealkylation sites (N-methyl/N-ethyl adjacent to an activating group) is 1. The molecule has 0 fully saturated rings. The van der Waals surface area contributed by atoms with Gasteiger partial charge in [-0.2, -0.15) is 0 Å². The second-order valence-electron chi connectivity index (χ2n) is 6.44. The number of rotatable bonds is 6. The molecule has 0 saturated carbocycles. The molecule has 0 aliphatic heterocycles. The molecule has 1 aromatic carbocycles. The van der Waals surface area contributed by atoms with Gasteiger partial charge in [0.25, 0.3) is 17.7 Å². The van der Waals surface area contributed by atoms with Gasteiger partial charge >= 0.3 is 0 Å². The number of hydrogen-bond donors (Lipinski definition) is 3. The number of thiophene rings is 1. The van der Waals surface area contributed by atoms with Gasteiger partial charge in [-0.05, 0) is 68.5 Å². The van der Waals surface area contributed by atoms with Crippen LogP contribution in [0.5, 0.6) is 5.75 Å². The monoisotopic (exact) mass is 401 g/mol. The minimum atomic E-state index is -0.426. The highest BCUT2D eigenvalue weighted by molar-refractivity contribution is 7.14. The van der Waals surface area contributed by atoms with Crippen LogP contribution in [0.4, 0.5) is 0 Å². The zero-order valence-electron chi connectivity index (χ0n) is 15.7. The molecule has 2 aromatic rings. The summed E-state index contributed by atoms with van der Waals surface area (Å²) < 4.78 is 5.34. The zero-order chi connectivity index (χ0) is 19.9. The van der Waals surface area contributed by atoms with Gasteiger partial charge in [0.2, 0.25) is 0 Å². The van der Waals surface area contributed by atoms with Crippen molar-refractivity contribution in [2.45, 2.75) is 32.6 Å². The first kappa shape index (κ1) is 19.9. The minimum absolute atomic E-state index is 0.0831. The van der Waals surface area contributed by atoms with Crippen LogP contribution >= 0.6 is 11.3 Å². The average Bonchev–Trinajstić information content (AvgIpc) is 3.15. The van der Waals surface area contributed by atoms with Gasteiger partial charge in [0.1, 0.15) is 5.75 Å². The van der Waals surface area contributed by atoms with Crippen molar-refractivity contribution >= 4 is 29.1 Å². The Balaban J connectivity index is 1.49. The molecule has 0 spiro atoms. The molecule has 1 aliphatic rings. The normalized spacial score (nSPS) is 12.6. The van der Waals surface area contributed by atoms with Crippen LogP contribution in [0.3, 0.4) is 0 Å². The quantitative estimate of drug-likeness (QED) is 0.647. The molecule has 0 atom stereocenters. The molecule has 28 heavy (non-hydrogen) atoms. The maximum atomic E-state index is 12.3. The summed E-state index contributed by atoms with van der Waals surface area (Å²) in [5.74, 6) is -0.460. The summed E-state index contributed by atoms with van der Waals surface area (Å²) in [5, 5.41) is 2.63. The van der Waals surface area contributed by atoms with E-state index in [0.717, 1.165) is 25.7 Å². The maximum Gasteiger partial charge on any atom is 0.279 e. The van der Waals surface area contributed by atoms with Crippen molar-refractivity contribution in [3.05, 3.63) is 51.2 Å². The molecule has 0 bridgehead atoms. The predicted octanol–water partition coefficient (Wildman–Crippen LogP) is 2.22. The van der Waals surface area contributed by atoms with E-state index in [2.05, 4.69) is 16.2 Å². The summed E-state index contributed by atoms with van der Waals surface area (Å²) in [6.07, 6.45) is 4.35. The van der Waals surface area contributed by atoms with E-state index in [1.165, 1.54) is 21.8 Å². The first-order valence-corrected chi connectivity index (χ1v) is 10.1. The number of fused-ring (bicyclic) bond motifs is 1. The van der Waals surface area contributed by atoms with Crippen LogP contribution < -0.4 is 20.9 Å². The number of amides is 3. The fourth-order valence-corrected chi connectivity index (χ4v) is 4.10. The van der Waals surface area contributed by atoms with Gasteiger partial charge in [-0.15, -0.1) is 11.3 Å². The van der Waals surface area contributed by atoms with Crippen LogP contribution in [0.2, 0.25) is 0 Å². The summed E-state index contributed by atoms with van der Waals surface area (Å²) in [6, 6.07) is 8.25. The van der Waals surface area contributed by atoms with Gasteiger partial charge in [-0.1, -0.05) is 0 Å². The van der Waals surface area contributed by atoms with Gasteiger partial charge in [0.05, 0.1) is 4.88 Å².